The Balaban J connectivity index is 1.49. The number of hydrogen-bond acceptors (Lipinski definition) is 5. The molecule has 1 saturated heterocycles. The summed E-state index contributed by atoms with van der Waals surface area (Å²) in [5.41, 5.74) is 1.40. The highest BCUT2D eigenvalue weighted by atomic mass is 79.9. The quantitative estimate of drug-likeness (QED) is 0.699. The van der Waals surface area contributed by atoms with Gasteiger partial charge < -0.3 is 10.0 Å². The first-order valence-electron chi connectivity index (χ1n) is 8.16. The number of aliphatic hydroxyl groups is 1. The molecule has 6 nitrogen and oxygen atoms in total. The summed E-state index contributed by atoms with van der Waals surface area (Å²) >= 11 is 3.46. The zero-order chi connectivity index (χ0) is 17.4. The van der Waals surface area contributed by atoms with Crippen LogP contribution in [0, 0.1) is 11.7 Å². The number of aromatic nitrogens is 4. The average molecular weight is 406 g/mol. The van der Waals surface area contributed by atoms with Gasteiger partial charge in [0, 0.05) is 13.1 Å². The first kappa shape index (κ1) is 16.4. The lowest BCUT2D eigenvalue weighted by atomic mass is 9.87. The Labute approximate surface area is 152 Å². The number of aromatic amines is 1. The van der Waals surface area contributed by atoms with Crippen molar-refractivity contribution >= 4 is 32.8 Å². The summed E-state index contributed by atoms with van der Waals surface area (Å²) in [5, 5.41) is 18.5. The zero-order valence-electron chi connectivity index (χ0n) is 13.4. The molecular formula is C17H17BrFN5O. The predicted molar refractivity (Wildman–Crippen MR) is 95.7 cm³/mol. The van der Waals surface area contributed by atoms with Crippen molar-refractivity contribution in [3.63, 3.8) is 0 Å². The summed E-state index contributed by atoms with van der Waals surface area (Å²) in [6.45, 7) is 1.57. The minimum atomic E-state index is -0.575. The lowest BCUT2D eigenvalue weighted by Crippen LogP contribution is -2.36. The Morgan fingerprint density at radius 3 is 2.64 bits per heavy atom. The van der Waals surface area contributed by atoms with Gasteiger partial charge in [-0.15, -0.1) is 0 Å². The van der Waals surface area contributed by atoms with Crippen LogP contribution in [0.3, 0.4) is 0 Å². The van der Waals surface area contributed by atoms with Crippen molar-refractivity contribution in [2.45, 2.75) is 18.9 Å². The number of nitrogens with zero attached hydrogens (tertiary/aromatic N) is 4. The van der Waals surface area contributed by atoms with Crippen LogP contribution in [0.15, 0.2) is 35.2 Å². The minimum absolute atomic E-state index is 0.145. The van der Waals surface area contributed by atoms with Gasteiger partial charge in [-0.2, -0.15) is 5.10 Å². The molecule has 8 heteroatoms. The lowest BCUT2D eigenvalue weighted by molar-refractivity contribution is 0.0928. The number of hydrogen-bond donors (Lipinski definition) is 2. The number of rotatable bonds is 3. The lowest BCUT2D eigenvalue weighted by Gasteiger charge is -2.35. The van der Waals surface area contributed by atoms with Gasteiger partial charge in [0.2, 0.25) is 0 Å². The van der Waals surface area contributed by atoms with Crippen molar-refractivity contribution in [1.29, 1.82) is 0 Å². The summed E-state index contributed by atoms with van der Waals surface area (Å²) in [6, 6.07) is 6.09. The normalized spacial score (nSPS) is 17.2. The van der Waals surface area contributed by atoms with Crippen molar-refractivity contribution in [2.75, 3.05) is 18.0 Å². The molecule has 0 radical (unpaired) electrons. The summed E-state index contributed by atoms with van der Waals surface area (Å²) in [5.74, 6) is 0.705. The number of H-pyrrole nitrogens is 1. The summed E-state index contributed by atoms with van der Waals surface area (Å²) < 4.78 is 13.8. The molecule has 3 heterocycles. The molecule has 1 fully saturated rings. The Morgan fingerprint density at radius 1 is 1.20 bits per heavy atom. The third-order valence-corrected chi connectivity index (χ3v) is 5.36. The van der Waals surface area contributed by atoms with Crippen molar-refractivity contribution in [1.82, 2.24) is 20.2 Å². The second-order valence-electron chi connectivity index (χ2n) is 6.25. The summed E-state index contributed by atoms with van der Waals surface area (Å²) in [7, 11) is 0. The molecule has 4 rings (SSSR count). The molecule has 2 N–H and O–H groups in total. The number of fused-ring (bicyclic) bond motifs is 1. The van der Waals surface area contributed by atoms with Gasteiger partial charge in [0.05, 0.1) is 11.5 Å². The van der Waals surface area contributed by atoms with Gasteiger partial charge in [-0.1, -0.05) is 12.1 Å². The maximum Gasteiger partial charge on any atom is 0.187 e. The second kappa shape index (κ2) is 6.68. The fourth-order valence-electron chi connectivity index (χ4n) is 3.41. The second-order valence-corrected chi connectivity index (χ2v) is 7.05. The third kappa shape index (κ3) is 3.11. The molecule has 0 amide bonds. The number of piperidine rings is 1. The van der Waals surface area contributed by atoms with E-state index in [1.807, 2.05) is 0 Å². The molecule has 130 valence electrons. The standard InChI is InChI=1S/C17H17BrFN5O/c18-15-13-16(23-22-15)20-9-21-17(13)24-7-5-11(6-8-24)14(25)10-1-3-12(19)4-2-10/h1-4,9,11,14,25H,5-8H2,(H,20,21,22,23). The van der Waals surface area contributed by atoms with E-state index >= 15 is 0 Å². The molecular weight excluding hydrogens is 389 g/mol. The van der Waals surface area contributed by atoms with E-state index in [0.29, 0.717) is 5.65 Å². The van der Waals surface area contributed by atoms with Crippen molar-refractivity contribution < 1.29 is 9.50 Å². The SMILES string of the molecule is OC(c1ccc(F)cc1)C1CCN(c2ncnc3n[nH]c(Br)c23)CC1. The van der Waals surface area contributed by atoms with Crippen molar-refractivity contribution in [2.24, 2.45) is 5.92 Å². The van der Waals surface area contributed by atoms with E-state index in [0.717, 1.165) is 47.3 Å². The maximum atomic E-state index is 13.1. The Kier molecular flexibility index (Phi) is 4.39. The van der Waals surface area contributed by atoms with Crippen LogP contribution in [-0.2, 0) is 0 Å². The number of nitrogens with one attached hydrogen (secondary N) is 1. The Bertz CT molecular complexity index is 876. The van der Waals surface area contributed by atoms with Gasteiger partial charge in [-0.3, -0.25) is 5.10 Å². The molecule has 1 aromatic carbocycles. The van der Waals surface area contributed by atoms with Crippen LogP contribution in [0.4, 0.5) is 10.2 Å². The van der Waals surface area contributed by atoms with Gasteiger partial charge in [0.25, 0.3) is 0 Å². The van der Waals surface area contributed by atoms with Crippen LogP contribution >= 0.6 is 15.9 Å². The maximum absolute atomic E-state index is 13.1. The van der Waals surface area contributed by atoms with E-state index in [1.54, 1.807) is 12.1 Å². The van der Waals surface area contributed by atoms with Crippen LogP contribution in [0.1, 0.15) is 24.5 Å². The molecule has 25 heavy (non-hydrogen) atoms. The minimum Gasteiger partial charge on any atom is -0.388 e. The van der Waals surface area contributed by atoms with Crippen molar-refractivity contribution in [3.8, 4) is 0 Å². The van der Waals surface area contributed by atoms with Crippen LogP contribution in [0.2, 0.25) is 0 Å². The number of anilines is 1. The van der Waals surface area contributed by atoms with Gasteiger partial charge >= 0.3 is 0 Å². The van der Waals surface area contributed by atoms with Gasteiger partial charge in [0.1, 0.15) is 22.6 Å². The highest BCUT2D eigenvalue weighted by Crippen LogP contribution is 2.35. The largest absolute Gasteiger partial charge is 0.388 e. The van der Waals surface area contributed by atoms with E-state index in [9.17, 15) is 9.50 Å². The van der Waals surface area contributed by atoms with Crippen LogP contribution in [0.25, 0.3) is 11.0 Å². The average Bonchev–Trinajstić information content (AvgIpc) is 3.03. The molecule has 0 bridgehead atoms. The molecule has 0 saturated carbocycles. The van der Waals surface area contributed by atoms with Crippen LogP contribution in [-0.4, -0.2) is 38.4 Å². The summed E-state index contributed by atoms with van der Waals surface area (Å²) in [6.07, 6.45) is 2.61. The van der Waals surface area contributed by atoms with Gasteiger partial charge in [-0.05, 0) is 52.4 Å². The smallest absolute Gasteiger partial charge is 0.187 e. The number of halogens is 2. The monoisotopic (exact) mass is 405 g/mol. The van der Waals surface area contributed by atoms with Crippen LogP contribution < -0.4 is 4.90 Å². The highest BCUT2D eigenvalue weighted by molar-refractivity contribution is 9.10. The Morgan fingerprint density at radius 2 is 1.92 bits per heavy atom. The number of aliphatic hydroxyl groups excluding tert-OH is 1. The first-order valence-corrected chi connectivity index (χ1v) is 8.96. The summed E-state index contributed by atoms with van der Waals surface area (Å²) in [4.78, 5) is 10.8. The zero-order valence-corrected chi connectivity index (χ0v) is 14.9. The third-order valence-electron chi connectivity index (χ3n) is 4.78. The molecule has 1 unspecified atom stereocenters. The van der Waals surface area contributed by atoms with Crippen LogP contribution in [0.5, 0.6) is 0 Å². The van der Waals surface area contributed by atoms with E-state index in [4.69, 9.17) is 0 Å². The Hall–Kier alpha value is -2.06. The topological polar surface area (TPSA) is 77.9 Å². The van der Waals surface area contributed by atoms with E-state index in [2.05, 4.69) is 41.0 Å². The van der Waals surface area contributed by atoms with Crippen molar-refractivity contribution in [3.05, 3.63) is 46.6 Å². The molecule has 1 aliphatic heterocycles. The molecule has 0 aliphatic carbocycles. The van der Waals surface area contributed by atoms with E-state index < -0.39 is 6.10 Å². The molecule has 1 aliphatic rings. The molecule has 2 aromatic heterocycles. The fraction of sp³-hybridized carbons (Fsp3) is 0.353. The van der Waals surface area contributed by atoms with Gasteiger partial charge in [0.15, 0.2) is 5.65 Å². The van der Waals surface area contributed by atoms with Gasteiger partial charge in [-0.25, -0.2) is 14.4 Å². The van der Waals surface area contributed by atoms with E-state index in [-0.39, 0.29) is 11.7 Å². The first-order chi connectivity index (χ1) is 12.1. The number of benzene rings is 1. The molecule has 3 aromatic rings. The molecule has 0 spiro atoms. The highest BCUT2D eigenvalue weighted by Gasteiger charge is 2.28. The predicted octanol–water partition coefficient (Wildman–Crippen LogP) is 3.20. The molecule has 1 atom stereocenters. The van der Waals surface area contributed by atoms with E-state index in [1.165, 1.54) is 18.5 Å². The fourth-order valence-corrected chi connectivity index (χ4v) is 3.85.